The van der Waals surface area contributed by atoms with E-state index in [1.165, 1.54) is 16.7 Å². The summed E-state index contributed by atoms with van der Waals surface area (Å²) in [5.41, 5.74) is 4.85. The monoisotopic (exact) mass is 266 g/mol. The van der Waals surface area contributed by atoms with Crippen molar-refractivity contribution >= 4 is 5.76 Å². The summed E-state index contributed by atoms with van der Waals surface area (Å²) in [4.78, 5) is 0. The van der Waals surface area contributed by atoms with Gasteiger partial charge in [0.15, 0.2) is 0 Å². The highest BCUT2D eigenvalue weighted by Gasteiger charge is 2.00. The van der Waals surface area contributed by atoms with Crippen molar-refractivity contribution in [2.75, 3.05) is 0 Å². The first-order valence-electron chi connectivity index (χ1n) is 7.24. The van der Waals surface area contributed by atoms with Gasteiger partial charge in [-0.25, -0.2) is 0 Å². The average Bonchev–Trinajstić information content (AvgIpc) is 2.48. The van der Waals surface area contributed by atoms with Crippen molar-refractivity contribution in [2.45, 2.75) is 32.6 Å². The number of rotatable bonds is 6. The third-order valence-corrected chi connectivity index (χ3v) is 3.62. The lowest BCUT2D eigenvalue weighted by molar-refractivity contribution is 0.513. The molecule has 1 N–H and O–H groups in total. The maximum atomic E-state index is 9.41. The molecule has 0 heterocycles. The predicted octanol–water partition coefficient (Wildman–Crippen LogP) is 4.95. The normalized spacial score (nSPS) is 10.4. The minimum atomic E-state index is 0.141. The second-order valence-electron chi connectivity index (χ2n) is 5.17. The van der Waals surface area contributed by atoms with Crippen molar-refractivity contribution in [3.05, 3.63) is 77.4 Å². The molecule has 0 aliphatic carbocycles. The molecule has 20 heavy (non-hydrogen) atoms. The van der Waals surface area contributed by atoms with Crippen molar-refractivity contribution in [2.24, 2.45) is 0 Å². The summed E-state index contributed by atoms with van der Waals surface area (Å²) in [6.07, 6.45) is 4.33. The molecule has 1 nitrogen and oxygen atoms in total. The van der Waals surface area contributed by atoms with Gasteiger partial charge < -0.3 is 5.11 Å². The molecule has 1 heteroatoms. The van der Waals surface area contributed by atoms with Crippen molar-refractivity contribution in [1.82, 2.24) is 0 Å². The Bertz CT molecular complexity index is 567. The molecule has 0 amide bonds. The van der Waals surface area contributed by atoms with E-state index in [4.69, 9.17) is 0 Å². The van der Waals surface area contributed by atoms with E-state index in [0.717, 1.165) is 31.2 Å². The van der Waals surface area contributed by atoms with Crippen LogP contribution in [0, 0.1) is 0 Å². The molecule has 0 radical (unpaired) electrons. The fourth-order valence-electron chi connectivity index (χ4n) is 2.34. The lowest BCUT2D eigenvalue weighted by Crippen LogP contribution is -1.92. The molecule has 2 aromatic carbocycles. The van der Waals surface area contributed by atoms with Crippen LogP contribution in [0.25, 0.3) is 5.76 Å². The van der Waals surface area contributed by atoms with Gasteiger partial charge in [-0.15, -0.1) is 0 Å². The first-order chi connectivity index (χ1) is 9.69. The molecule has 0 aromatic heterocycles. The molecule has 0 saturated carbocycles. The summed E-state index contributed by atoms with van der Waals surface area (Å²) in [6, 6.07) is 16.9. The molecule has 2 rings (SSSR count). The van der Waals surface area contributed by atoms with Crippen molar-refractivity contribution in [3.63, 3.8) is 0 Å². The molecule has 0 bridgehead atoms. The van der Waals surface area contributed by atoms with Gasteiger partial charge in [0.1, 0.15) is 5.76 Å². The Morgan fingerprint density at radius 2 is 1.60 bits per heavy atom. The number of aliphatic hydroxyl groups is 1. The van der Waals surface area contributed by atoms with E-state index in [1.54, 1.807) is 0 Å². The molecular formula is C19H22O. The quantitative estimate of drug-likeness (QED) is 0.733. The molecule has 2 aromatic rings. The molecular weight excluding hydrogens is 244 g/mol. The first kappa shape index (κ1) is 14.4. The lowest BCUT2D eigenvalue weighted by Gasteiger charge is -2.05. The Balaban J connectivity index is 1.88. The molecule has 0 aliphatic rings. The number of benzene rings is 2. The summed E-state index contributed by atoms with van der Waals surface area (Å²) in [7, 11) is 0. The molecule has 104 valence electrons. The highest BCUT2D eigenvalue weighted by Crippen LogP contribution is 2.14. The first-order valence-corrected chi connectivity index (χ1v) is 7.24. The van der Waals surface area contributed by atoms with E-state index < -0.39 is 0 Å². The van der Waals surface area contributed by atoms with Crippen LogP contribution in [0.1, 0.15) is 35.6 Å². The largest absolute Gasteiger partial charge is 0.508 e. The standard InChI is InChI=1S/C19H22O/c1-3-16-10-12-17(13-11-16)6-4-7-18-8-5-9-19(14-18)15(2)20/h5,8-14,20H,2-4,6-7H2,1H3. The molecule has 0 spiro atoms. The van der Waals surface area contributed by atoms with Crippen LogP contribution in [-0.4, -0.2) is 5.11 Å². The van der Waals surface area contributed by atoms with Gasteiger partial charge >= 0.3 is 0 Å². The average molecular weight is 266 g/mol. The summed E-state index contributed by atoms with van der Waals surface area (Å²) >= 11 is 0. The molecule has 0 saturated heterocycles. The van der Waals surface area contributed by atoms with Gasteiger partial charge in [0.25, 0.3) is 0 Å². The van der Waals surface area contributed by atoms with Crippen LogP contribution >= 0.6 is 0 Å². The van der Waals surface area contributed by atoms with E-state index in [1.807, 2.05) is 18.2 Å². The zero-order valence-electron chi connectivity index (χ0n) is 12.1. The van der Waals surface area contributed by atoms with E-state index in [9.17, 15) is 5.11 Å². The Kier molecular flexibility index (Phi) is 5.00. The van der Waals surface area contributed by atoms with E-state index in [2.05, 4.69) is 43.8 Å². The van der Waals surface area contributed by atoms with Crippen molar-refractivity contribution < 1.29 is 5.11 Å². The minimum Gasteiger partial charge on any atom is -0.508 e. The minimum absolute atomic E-state index is 0.141. The van der Waals surface area contributed by atoms with Gasteiger partial charge in [0.05, 0.1) is 0 Å². The Hall–Kier alpha value is -2.02. The van der Waals surface area contributed by atoms with Crippen LogP contribution in [0.5, 0.6) is 0 Å². The maximum Gasteiger partial charge on any atom is 0.115 e. The van der Waals surface area contributed by atoms with Gasteiger partial charge in [0, 0.05) is 5.56 Å². The highest BCUT2D eigenvalue weighted by molar-refractivity contribution is 5.56. The van der Waals surface area contributed by atoms with Crippen LogP contribution in [0.2, 0.25) is 0 Å². The van der Waals surface area contributed by atoms with Gasteiger partial charge in [-0.05, 0) is 48.4 Å². The third kappa shape index (κ3) is 3.99. The van der Waals surface area contributed by atoms with E-state index in [-0.39, 0.29) is 5.76 Å². The van der Waals surface area contributed by atoms with Crippen LogP contribution in [0.4, 0.5) is 0 Å². The maximum absolute atomic E-state index is 9.41. The number of hydrogen-bond donors (Lipinski definition) is 1. The van der Waals surface area contributed by atoms with Crippen molar-refractivity contribution in [1.29, 1.82) is 0 Å². The molecule has 0 unspecified atom stereocenters. The Morgan fingerprint density at radius 1 is 0.950 bits per heavy atom. The van der Waals surface area contributed by atoms with Gasteiger partial charge in [-0.2, -0.15) is 0 Å². The lowest BCUT2D eigenvalue weighted by atomic mass is 10.0. The summed E-state index contributed by atoms with van der Waals surface area (Å²) in [6.45, 7) is 5.74. The molecule has 0 aliphatic heterocycles. The fraction of sp³-hybridized carbons (Fsp3) is 0.263. The predicted molar refractivity (Wildman–Crippen MR) is 85.9 cm³/mol. The van der Waals surface area contributed by atoms with Crippen molar-refractivity contribution in [3.8, 4) is 0 Å². The summed E-state index contributed by atoms with van der Waals surface area (Å²) < 4.78 is 0. The van der Waals surface area contributed by atoms with Crippen LogP contribution in [0.15, 0.2) is 55.1 Å². The van der Waals surface area contributed by atoms with Gasteiger partial charge in [-0.1, -0.05) is 56.0 Å². The number of aliphatic hydroxyl groups excluding tert-OH is 1. The second kappa shape index (κ2) is 6.95. The zero-order valence-corrected chi connectivity index (χ0v) is 12.1. The number of aryl methyl sites for hydroxylation is 3. The highest BCUT2D eigenvalue weighted by atomic mass is 16.3. The van der Waals surface area contributed by atoms with Crippen LogP contribution in [0.3, 0.4) is 0 Å². The van der Waals surface area contributed by atoms with E-state index >= 15 is 0 Å². The van der Waals surface area contributed by atoms with E-state index in [0.29, 0.717) is 0 Å². The Morgan fingerprint density at radius 3 is 2.25 bits per heavy atom. The molecule has 0 atom stereocenters. The zero-order chi connectivity index (χ0) is 14.4. The smallest absolute Gasteiger partial charge is 0.115 e. The summed E-state index contributed by atoms with van der Waals surface area (Å²) in [5, 5.41) is 9.41. The summed E-state index contributed by atoms with van der Waals surface area (Å²) in [5.74, 6) is 0.141. The topological polar surface area (TPSA) is 20.2 Å². The number of hydrogen-bond acceptors (Lipinski definition) is 1. The SMILES string of the molecule is C=C(O)c1cccc(CCCc2ccc(CC)cc2)c1. The van der Waals surface area contributed by atoms with Gasteiger partial charge in [-0.3, -0.25) is 0 Å². The second-order valence-corrected chi connectivity index (χ2v) is 5.17. The molecule has 0 fully saturated rings. The third-order valence-electron chi connectivity index (χ3n) is 3.62. The van der Waals surface area contributed by atoms with Crippen LogP contribution in [-0.2, 0) is 19.3 Å². The van der Waals surface area contributed by atoms with Crippen LogP contribution < -0.4 is 0 Å². The van der Waals surface area contributed by atoms with Gasteiger partial charge in [0.2, 0.25) is 0 Å². The fourth-order valence-corrected chi connectivity index (χ4v) is 2.34. The Labute approximate surface area is 121 Å².